The molecule has 0 unspecified atom stereocenters. The summed E-state index contributed by atoms with van der Waals surface area (Å²) in [6, 6.07) is 12.6. The van der Waals surface area contributed by atoms with Crippen molar-refractivity contribution in [1.82, 2.24) is 9.55 Å². The minimum atomic E-state index is -0.369. The van der Waals surface area contributed by atoms with Gasteiger partial charge in [-0.1, -0.05) is 18.2 Å². The van der Waals surface area contributed by atoms with Crippen LogP contribution in [0.5, 0.6) is 11.5 Å². The number of hydrogen-bond acceptors (Lipinski definition) is 4. The molecule has 0 aliphatic heterocycles. The van der Waals surface area contributed by atoms with Crippen LogP contribution in [0.1, 0.15) is 5.56 Å². The number of anilines is 1. The normalized spacial score (nSPS) is 10.5. The van der Waals surface area contributed by atoms with E-state index in [1.807, 2.05) is 41.1 Å². The molecule has 0 fully saturated rings. The highest BCUT2D eigenvalue weighted by atomic mass is 19.1. The molecule has 0 atom stereocenters. The van der Waals surface area contributed by atoms with Crippen LogP contribution in [0.2, 0.25) is 0 Å². The Hall–Kier alpha value is -3.02. The summed E-state index contributed by atoms with van der Waals surface area (Å²) in [5, 5.41) is 3.29. The van der Waals surface area contributed by atoms with Gasteiger partial charge in [-0.15, -0.1) is 0 Å². The molecule has 6 heteroatoms. The highest BCUT2D eigenvalue weighted by Gasteiger charge is 2.06. The van der Waals surface area contributed by atoms with Crippen molar-refractivity contribution in [3.63, 3.8) is 0 Å². The summed E-state index contributed by atoms with van der Waals surface area (Å²) in [6.07, 6.45) is 5.39. The zero-order valence-corrected chi connectivity index (χ0v) is 14.0. The van der Waals surface area contributed by atoms with Crippen molar-refractivity contribution in [2.75, 3.05) is 19.0 Å². The summed E-state index contributed by atoms with van der Waals surface area (Å²) in [5.41, 5.74) is 1.69. The van der Waals surface area contributed by atoms with Gasteiger partial charge in [0.15, 0.2) is 11.6 Å². The van der Waals surface area contributed by atoms with Crippen LogP contribution in [0, 0.1) is 5.82 Å². The number of ether oxygens (including phenoxy) is 2. The van der Waals surface area contributed by atoms with E-state index in [2.05, 4.69) is 10.3 Å². The minimum absolute atomic E-state index is 0.243. The number of rotatable bonds is 8. The van der Waals surface area contributed by atoms with Gasteiger partial charge in [0.25, 0.3) is 0 Å². The van der Waals surface area contributed by atoms with Crippen molar-refractivity contribution in [2.45, 2.75) is 13.1 Å². The van der Waals surface area contributed by atoms with Gasteiger partial charge < -0.3 is 19.4 Å². The average molecular weight is 341 g/mol. The second-order valence-corrected chi connectivity index (χ2v) is 5.47. The molecule has 1 heterocycles. The molecule has 0 aliphatic rings. The molecule has 3 rings (SSSR count). The van der Waals surface area contributed by atoms with Gasteiger partial charge in [0.1, 0.15) is 12.4 Å². The van der Waals surface area contributed by atoms with Crippen molar-refractivity contribution in [1.29, 1.82) is 0 Å². The zero-order valence-electron chi connectivity index (χ0n) is 14.0. The first-order valence-corrected chi connectivity index (χ1v) is 8.00. The number of halogens is 1. The largest absolute Gasteiger partial charge is 0.494 e. The molecule has 3 aromatic rings. The van der Waals surface area contributed by atoms with E-state index in [0.29, 0.717) is 13.2 Å². The molecular formula is C19H20FN3O2. The number of methoxy groups -OCH3 is 1. The van der Waals surface area contributed by atoms with Gasteiger partial charge in [-0.3, -0.25) is 0 Å². The molecule has 1 N–H and O–H groups in total. The standard InChI is InChI=1S/C19H20FN3O2/c1-24-18-7-6-15(12-16(18)20)13-22-17-4-2-3-5-19(17)25-11-10-23-9-8-21-14-23/h2-9,12,14,22H,10-11,13H2,1H3. The van der Waals surface area contributed by atoms with E-state index >= 15 is 0 Å². The lowest BCUT2D eigenvalue weighted by Gasteiger charge is -2.14. The molecule has 0 bridgehead atoms. The topological polar surface area (TPSA) is 48.3 Å². The lowest BCUT2D eigenvalue weighted by atomic mass is 10.2. The third-order valence-electron chi connectivity index (χ3n) is 3.75. The molecule has 0 saturated carbocycles. The number of nitrogens with one attached hydrogen (secondary N) is 1. The van der Waals surface area contributed by atoms with E-state index in [1.165, 1.54) is 13.2 Å². The molecule has 130 valence electrons. The Morgan fingerprint density at radius 1 is 1.16 bits per heavy atom. The Kier molecular flexibility index (Phi) is 5.51. The van der Waals surface area contributed by atoms with Crippen molar-refractivity contribution in [3.8, 4) is 11.5 Å². The molecule has 0 spiro atoms. The molecular weight excluding hydrogens is 321 g/mol. The van der Waals surface area contributed by atoms with E-state index in [9.17, 15) is 4.39 Å². The fourth-order valence-corrected chi connectivity index (χ4v) is 2.44. The van der Waals surface area contributed by atoms with E-state index in [1.54, 1.807) is 18.6 Å². The van der Waals surface area contributed by atoms with Gasteiger partial charge in [0, 0.05) is 18.9 Å². The third-order valence-corrected chi connectivity index (χ3v) is 3.75. The minimum Gasteiger partial charge on any atom is -0.494 e. The van der Waals surface area contributed by atoms with Gasteiger partial charge >= 0.3 is 0 Å². The molecule has 0 radical (unpaired) electrons. The van der Waals surface area contributed by atoms with Gasteiger partial charge in [0.05, 0.1) is 25.7 Å². The number of nitrogens with zero attached hydrogens (tertiary/aromatic N) is 2. The smallest absolute Gasteiger partial charge is 0.165 e. The Labute approximate surface area is 146 Å². The Morgan fingerprint density at radius 3 is 2.80 bits per heavy atom. The average Bonchev–Trinajstić information content (AvgIpc) is 3.14. The van der Waals surface area contributed by atoms with E-state index in [-0.39, 0.29) is 11.6 Å². The quantitative estimate of drug-likeness (QED) is 0.678. The van der Waals surface area contributed by atoms with Gasteiger partial charge in [-0.2, -0.15) is 0 Å². The number of hydrogen-bond donors (Lipinski definition) is 1. The van der Waals surface area contributed by atoms with Crippen molar-refractivity contribution < 1.29 is 13.9 Å². The first kappa shape index (κ1) is 16.8. The maximum Gasteiger partial charge on any atom is 0.165 e. The van der Waals surface area contributed by atoms with Gasteiger partial charge in [-0.25, -0.2) is 9.37 Å². The summed E-state index contributed by atoms with van der Waals surface area (Å²) in [4.78, 5) is 4.00. The van der Waals surface area contributed by atoms with Crippen LogP contribution in [0.25, 0.3) is 0 Å². The summed E-state index contributed by atoms with van der Waals surface area (Å²) in [5.74, 6) is 0.634. The van der Waals surface area contributed by atoms with Gasteiger partial charge in [-0.05, 0) is 29.8 Å². The molecule has 25 heavy (non-hydrogen) atoms. The van der Waals surface area contributed by atoms with E-state index < -0.39 is 0 Å². The van der Waals surface area contributed by atoms with Crippen molar-refractivity contribution in [2.24, 2.45) is 0 Å². The lowest BCUT2D eigenvalue weighted by molar-refractivity contribution is 0.299. The fraction of sp³-hybridized carbons (Fsp3) is 0.211. The molecule has 0 aliphatic carbocycles. The van der Waals surface area contributed by atoms with Crippen LogP contribution in [0.4, 0.5) is 10.1 Å². The predicted molar refractivity (Wildman–Crippen MR) is 94.4 cm³/mol. The third kappa shape index (κ3) is 4.50. The van der Waals surface area contributed by atoms with Crippen LogP contribution in [0.3, 0.4) is 0 Å². The maximum atomic E-state index is 13.8. The Bertz CT molecular complexity index is 806. The van der Waals surface area contributed by atoms with E-state index in [0.717, 1.165) is 23.5 Å². The summed E-state index contributed by atoms with van der Waals surface area (Å²) in [6.45, 7) is 1.74. The number of imidazole rings is 1. The fourth-order valence-electron chi connectivity index (χ4n) is 2.44. The van der Waals surface area contributed by atoms with Crippen LogP contribution >= 0.6 is 0 Å². The molecule has 0 amide bonds. The first-order chi connectivity index (χ1) is 12.3. The number of para-hydroxylation sites is 2. The highest BCUT2D eigenvalue weighted by Crippen LogP contribution is 2.25. The number of benzene rings is 2. The second-order valence-electron chi connectivity index (χ2n) is 5.47. The van der Waals surface area contributed by atoms with Gasteiger partial charge in [0.2, 0.25) is 0 Å². The monoisotopic (exact) mass is 341 g/mol. The summed E-state index contributed by atoms with van der Waals surface area (Å²) < 4.78 is 26.5. The zero-order chi connectivity index (χ0) is 17.5. The Balaban J connectivity index is 1.59. The Morgan fingerprint density at radius 2 is 2.04 bits per heavy atom. The maximum absolute atomic E-state index is 13.8. The lowest BCUT2D eigenvalue weighted by Crippen LogP contribution is -2.08. The first-order valence-electron chi connectivity index (χ1n) is 8.00. The molecule has 5 nitrogen and oxygen atoms in total. The highest BCUT2D eigenvalue weighted by molar-refractivity contribution is 5.56. The molecule has 2 aromatic carbocycles. The second kappa shape index (κ2) is 8.19. The summed E-state index contributed by atoms with van der Waals surface area (Å²) >= 11 is 0. The van der Waals surface area contributed by atoms with Crippen LogP contribution < -0.4 is 14.8 Å². The number of aromatic nitrogens is 2. The van der Waals surface area contributed by atoms with Crippen LogP contribution in [-0.4, -0.2) is 23.3 Å². The van der Waals surface area contributed by atoms with Crippen molar-refractivity contribution >= 4 is 5.69 Å². The van der Waals surface area contributed by atoms with Crippen LogP contribution in [-0.2, 0) is 13.1 Å². The molecule has 1 aromatic heterocycles. The summed E-state index contributed by atoms with van der Waals surface area (Å²) in [7, 11) is 1.45. The predicted octanol–water partition coefficient (Wildman–Crippen LogP) is 3.72. The van der Waals surface area contributed by atoms with Crippen molar-refractivity contribution in [3.05, 3.63) is 72.6 Å². The van der Waals surface area contributed by atoms with Crippen LogP contribution in [0.15, 0.2) is 61.2 Å². The van der Waals surface area contributed by atoms with E-state index in [4.69, 9.17) is 9.47 Å². The SMILES string of the molecule is COc1ccc(CNc2ccccc2OCCn2ccnc2)cc1F. The molecule has 0 saturated heterocycles.